The first-order valence-corrected chi connectivity index (χ1v) is 6.67. The molecule has 0 amide bonds. The summed E-state index contributed by atoms with van der Waals surface area (Å²) in [6.45, 7) is 2.32. The lowest BCUT2D eigenvalue weighted by molar-refractivity contribution is 0.0793. The summed E-state index contributed by atoms with van der Waals surface area (Å²) >= 11 is 0. The normalized spacial score (nSPS) is 20.2. The highest BCUT2D eigenvalue weighted by Gasteiger charge is 2.21. The van der Waals surface area contributed by atoms with E-state index in [0.29, 0.717) is 12.5 Å². The Hall–Kier alpha value is -1.75. The van der Waals surface area contributed by atoms with E-state index in [-0.39, 0.29) is 5.84 Å². The van der Waals surface area contributed by atoms with Crippen LogP contribution in [-0.2, 0) is 4.74 Å². The molecule has 1 aliphatic heterocycles. The van der Waals surface area contributed by atoms with Crippen LogP contribution in [0.25, 0.3) is 0 Å². The largest absolute Gasteiger partial charge is 0.409 e. The van der Waals surface area contributed by atoms with Gasteiger partial charge < -0.3 is 20.6 Å². The Balaban J connectivity index is 2.08. The molecule has 1 aliphatic rings. The lowest BCUT2D eigenvalue weighted by Gasteiger charge is -2.36. The molecule has 1 heterocycles. The van der Waals surface area contributed by atoms with Gasteiger partial charge in [0.05, 0.1) is 12.6 Å². The number of oxime groups is 1. The van der Waals surface area contributed by atoms with Gasteiger partial charge in [-0.2, -0.15) is 0 Å². The molecular weight excluding hydrogens is 242 g/mol. The van der Waals surface area contributed by atoms with Gasteiger partial charge in [-0.3, -0.25) is 0 Å². The van der Waals surface area contributed by atoms with E-state index in [1.54, 1.807) is 0 Å². The maximum absolute atomic E-state index is 8.65. The molecule has 0 radical (unpaired) electrons. The Morgan fingerprint density at radius 1 is 1.42 bits per heavy atom. The van der Waals surface area contributed by atoms with E-state index in [1.807, 2.05) is 18.2 Å². The lowest BCUT2D eigenvalue weighted by atomic mass is 10.1. The molecule has 19 heavy (non-hydrogen) atoms. The van der Waals surface area contributed by atoms with E-state index in [2.05, 4.69) is 22.2 Å². The fourth-order valence-electron chi connectivity index (χ4n) is 2.40. The van der Waals surface area contributed by atoms with Crippen LogP contribution in [0.2, 0.25) is 0 Å². The van der Waals surface area contributed by atoms with Gasteiger partial charge in [0.15, 0.2) is 0 Å². The second kappa shape index (κ2) is 6.99. The zero-order valence-electron chi connectivity index (χ0n) is 11.0. The fourth-order valence-corrected chi connectivity index (χ4v) is 2.40. The van der Waals surface area contributed by atoms with Crippen molar-refractivity contribution >= 4 is 11.5 Å². The zero-order chi connectivity index (χ0) is 13.5. The second-order valence-corrected chi connectivity index (χ2v) is 4.74. The van der Waals surface area contributed by atoms with Crippen LogP contribution in [0.15, 0.2) is 35.5 Å². The molecule has 2 rings (SSSR count). The van der Waals surface area contributed by atoms with Gasteiger partial charge in [-0.15, -0.1) is 0 Å². The van der Waals surface area contributed by atoms with Gasteiger partial charge in [0, 0.05) is 25.3 Å². The quantitative estimate of drug-likeness (QED) is 0.368. The first-order valence-electron chi connectivity index (χ1n) is 6.67. The lowest BCUT2D eigenvalue weighted by Crippen LogP contribution is -2.42. The predicted molar refractivity (Wildman–Crippen MR) is 75.7 cm³/mol. The van der Waals surface area contributed by atoms with E-state index in [1.165, 1.54) is 0 Å². The topological polar surface area (TPSA) is 71.1 Å². The highest BCUT2D eigenvalue weighted by Crippen LogP contribution is 2.22. The van der Waals surface area contributed by atoms with Gasteiger partial charge in [-0.1, -0.05) is 23.4 Å². The fraction of sp³-hybridized carbons (Fsp3) is 0.500. The number of benzene rings is 1. The SMILES string of the molecule is N/C(CCN(c1ccccc1)C1CCCOC1)=N/O. The molecule has 1 fully saturated rings. The number of para-hydroxylation sites is 1. The van der Waals surface area contributed by atoms with Crippen molar-refractivity contribution in [2.45, 2.75) is 25.3 Å². The van der Waals surface area contributed by atoms with Gasteiger partial charge in [-0.05, 0) is 25.0 Å². The average molecular weight is 263 g/mol. The third-order valence-corrected chi connectivity index (χ3v) is 3.40. The standard InChI is InChI=1S/C14H21N3O2/c15-14(16-18)8-9-17(12-5-2-1-3-6-12)13-7-4-10-19-11-13/h1-3,5-6,13,18H,4,7-11H2,(H2,15,16). The van der Waals surface area contributed by atoms with Crippen molar-refractivity contribution in [2.75, 3.05) is 24.7 Å². The van der Waals surface area contributed by atoms with E-state index in [0.717, 1.165) is 38.3 Å². The van der Waals surface area contributed by atoms with Crippen LogP contribution in [0.1, 0.15) is 19.3 Å². The Labute approximate surface area is 113 Å². The molecule has 3 N–H and O–H groups in total. The number of nitrogens with two attached hydrogens (primary N) is 1. The number of amidine groups is 1. The van der Waals surface area contributed by atoms with Gasteiger partial charge in [0.1, 0.15) is 5.84 Å². The molecule has 0 saturated carbocycles. The van der Waals surface area contributed by atoms with Crippen LogP contribution in [0.5, 0.6) is 0 Å². The summed E-state index contributed by atoms with van der Waals surface area (Å²) in [5.74, 6) is 0.262. The van der Waals surface area contributed by atoms with Crippen molar-refractivity contribution in [3.05, 3.63) is 30.3 Å². The highest BCUT2D eigenvalue weighted by atomic mass is 16.5. The smallest absolute Gasteiger partial charge is 0.140 e. The second-order valence-electron chi connectivity index (χ2n) is 4.74. The van der Waals surface area contributed by atoms with Crippen molar-refractivity contribution in [3.8, 4) is 0 Å². The molecule has 1 atom stereocenters. The van der Waals surface area contributed by atoms with Crippen molar-refractivity contribution < 1.29 is 9.94 Å². The summed E-state index contributed by atoms with van der Waals surface area (Å²) in [5.41, 5.74) is 6.73. The highest BCUT2D eigenvalue weighted by molar-refractivity contribution is 5.80. The third kappa shape index (κ3) is 3.86. The van der Waals surface area contributed by atoms with E-state index in [9.17, 15) is 0 Å². The minimum absolute atomic E-state index is 0.262. The molecule has 1 aromatic rings. The number of hydrogen-bond donors (Lipinski definition) is 2. The van der Waals surface area contributed by atoms with Crippen molar-refractivity contribution in [1.29, 1.82) is 0 Å². The van der Waals surface area contributed by atoms with E-state index < -0.39 is 0 Å². The molecule has 0 spiro atoms. The average Bonchev–Trinajstić information content (AvgIpc) is 2.49. The third-order valence-electron chi connectivity index (χ3n) is 3.40. The molecule has 104 valence electrons. The summed E-state index contributed by atoms with van der Waals surface area (Å²) < 4.78 is 5.57. The van der Waals surface area contributed by atoms with Crippen molar-refractivity contribution in [3.63, 3.8) is 0 Å². The van der Waals surface area contributed by atoms with Crippen LogP contribution >= 0.6 is 0 Å². The Morgan fingerprint density at radius 2 is 2.21 bits per heavy atom. The van der Waals surface area contributed by atoms with E-state index >= 15 is 0 Å². The molecule has 0 aromatic heterocycles. The van der Waals surface area contributed by atoms with Gasteiger partial charge in [0.2, 0.25) is 0 Å². The molecule has 1 unspecified atom stereocenters. The number of rotatable bonds is 5. The van der Waals surface area contributed by atoms with Crippen LogP contribution < -0.4 is 10.6 Å². The van der Waals surface area contributed by atoms with Crippen molar-refractivity contribution in [1.82, 2.24) is 0 Å². The molecular formula is C14H21N3O2. The minimum Gasteiger partial charge on any atom is -0.409 e. The molecule has 1 saturated heterocycles. The molecule has 0 bridgehead atoms. The predicted octanol–water partition coefficient (Wildman–Crippen LogP) is 1.81. The van der Waals surface area contributed by atoms with Gasteiger partial charge in [-0.25, -0.2) is 0 Å². The number of anilines is 1. The van der Waals surface area contributed by atoms with Crippen LogP contribution in [-0.4, -0.2) is 36.8 Å². The van der Waals surface area contributed by atoms with Crippen LogP contribution in [0.3, 0.4) is 0 Å². The first-order chi connectivity index (χ1) is 9.31. The number of ether oxygens (including phenoxy) is 1. The minimum atomic E-state index is 0.262. The Kier molecular flexibility index (Phi) is 5.03. The molecule has 0 aliphatic carbocycles. The van der Waals surface area contributed by atoms with E-state index in [4.69, 9.17) is 15.7 Å². The number of nitrogens with zero attached hydrogens (tertiary/aromatic N) is 2. The van der Waals surface area contributed by atoms with Crippen molar-refractivity contribution in [2.24, 2.45) is 10.9 Å². The zero-order valence-corrected chi connectivity index (χ0v) is 11.0. The molecule has 1 aromatic carbocycles. The van der Waals surface area contributed by atoms with Crippen LogP contribution in [0.4, 0.5) is 5.69 Å². The molecule has 5 nitrogen and oxygen atoms in total. The monoisotopic (exact) mass is 263 g/mol. The summed E-state index contributed by atoms with van der Waals surface area (Å²) in [6, 6.07) is 10.6. The maximum atomic E-state index is 8.65. The maximum Gasteiger partial charge on any atom is 0.140 e. The summed E-state index contributed by atoms with van der Waals surface area (Å²) in [4.78, 5) is 2.29. The van der Waals surface area contributed by atoms with Gasteiger partial charge in [0.25, 0.3) is 0 Å². The first kappa shape index (κ1) is 13.7. The van der Waals surface area contributed by atoms with Crippen LogP contribution in [0, 0.1) is 0 Å². The number of hydrogen-bond acceptors (Lipinski definition) is 4. The Morgan fingerprint density at radius 3 is 2.84 bits per heavy atom. The van der Waals surface area contributed by atoms with Gasteiger partial charge >= 0.3 is 0 Å². The Bertz CT molecular complexity index is 402. The molecule has 5 heteroatoms. The summed E-state index contributed by atoms with van der Waals surface area (Å²) in [6.07, 6.45) is 2.74. The summed E-state index contributed by atoms with van der Waals surface area (Å²) in [7, 11) is 0. The summed E-state index contributed by atoms with van der Waals surface area (Å²) in [5, 5.41) is 11.7.